The van der Waals surface area contributed by atoms with Gasteiger partial charge in [0.1, 0.15) is 11.8 Å². The van der Waals surface area contributed by atoms with E-state index in [1.54, 1.807) is 7.05 Å². The van der Waals surface area contributed by atoms with Gasteiger partial charge in [0, 0.05) is 17.3 Å². The topological polar surface area (TPSA) is 50.4 Å². The molecule has 1 atom stereocenters. The van der Waals surface area contributed by atoms with Gasteiger partial charge in [-0.2, -0.15) is 0 Å². The van der Waals surface area contributed by atoms with Crippen LogP contribution in [0.4, 0.5) is 5.69 Å². The van der Waals surface area contributed by atoms with Crippen LogP contribution in [0, 0.1) is 0 Å². The Hall–Kier alpha value is -1.07. The van der Waals surface area contributed by atoms with Crippen LogP contribution in [0.25, 0.3) is 0 Å². The van der Waals surface area contributed by atoms with E-state index in [2.05, 4.69) is 26.6 Å². The lowest BCUT2D eigenvalue weighted by Crippen LogP contribution is -2.23. The molecule has 1 aromatic carbocycles. The van der Waals surface area contributed by atoms with Gasteiger partial charge in [0.2, 0.25) is 5.91 Å². The van der Waals surface area contributed by atoms with Crippen molar-refractivity contribution in [2.24, 2.45) is 0 Å². The van der Waals surface area contributed by atoms with E-state index >= 15 is 0 Å². The first-order valence-corrected chi connectivity index (χ1v) is 6.30. The Morgan fingerprint density at radius 3 is 2.76 bits per heavy atom. The summed E-state index contributed by atoms with van der Waals surface area (Å²) in [6, 6.07) is 3.50. The van der Waals surface area contributed by atoms with Crippen LogP contribution in [0.5, 0.6) is 5.75 Å². The summed E-state index contributed by atoms with van der Waals surface area (Å²) in [6.45, 7) is 3.93. The number of amides is 1. The van der Waals surface area contributed by atoms with E-state index < -0.39 is 0 Å². The molecule has 92 valence electrons. The summed E-state index contributed by atoms with van der Waals surface area (Å²) in [4.78, 5) is 11.7. The van der Waals surface area contributed by atoms with E-state index in [4.69, 9.17) is 4.74 Å². The standard InChI is InChI=1S/C12H15BrN2O2/c1-6(2)17-10-5-9-7(4-8(10)13)11(14-3)12(16)15-9/h4-6,11,14H,1-3H3,(H,15,16). The third kappa shape index (κ3) is 2.30. The minimum absolute atomic E-state index is 0.0314. The number of ether oxygens (including phenoxy) is 1. The van der Waals surface area contributed by atoms with E-state index in [0.717, 1.165) is 21.5 Å². The van der Waals surface area contributed by atoms with E-state index in [0.29, 0.717) is 0 Å². The molecule has 0 saturated heterocycles. The van der Waals surface area contributed by atoms with Gasteiger partial charge in [-0.3, -0.25) is 4.79 Å². The summed E-state index contributed by atoms with van der Waals surface area (Å²) < 4.78 is 6.52. The molecule has 1 aliphatic rings. The largest absolute Gasteiger partial charge is 0.490 e. The molecular weight excluding hydrogens is 284 g/mol. The molecule has 0 aliphatic carbocycles. The van der Waals surface area contributed by atoms with Crippen LogP contribution in [0.2, 0.25) is 0 Å². The third-order valence-corrected chi connectivity index (χ3v) is 3.21. The Bertz CT molecular complexity index is 460. The average molecular weight is 299 g/mol. The lowest BCUT2D eigenvalue weighted by molar-refractivity contribution is -0.117. The highest BCUT2D eigenvalue weighted by Crippen LogP contribution is 2.38. The molecule has 1 heterocycles. The number of hydrogen-bond acceptors (Lipinski definition) is 3. The molecule has 0 aromatic heterocycles. The zero-order valence-corrected chi connectivity index (χ0v) is 11.6. The van der Waals surface area contributed by atoms with Crippen LogP contribution in [0.1, 0.15) is 25.5 Å². The van der Waals surface area contributed by atoms with Crippen molar-refractivity contribution in [3.63, 3.8) is 0 Å². The number of nitrogens with one attached hydrogen (secondary N) is 2. The van der Waals surface area contributed by atoms with Crippen molar-refractivity contribution in [3.05, 3.63) is 22.2 Å². The van der Waals surface area contributed by atoms with Crippen molar-refractivity contribution >= 4 is 27.5 Å². The van der Waals surface area contributed by atoms with Crippen molar-refractivity contribution in [2.75, 3.05) is 12.4 Å². The summed E-state index contributed by atoms with van der Waals surface area (Å²) in [7, 11) is 1.77. The molecule has 0 fully saturated rings. The molecule has 1 amide bonds. The third-order valence-electron chi connectivity index (χ3n) is 2.59. The lowest BCUT2D eigenvalue weighted by Gasteiger charge is -2.13. The summed E-state index contributed by atoms with van der Waals surface area (Å²) >= 11 is 3.46. The second-order valence-electron chi connectivity index (χ2n) is 4.25. The second kappa shape index (κ2) is 4.66. The normalized spacial score (nSPS) is 18.2. The minimum atomic E-state index is -0.283. The molecular formula is C12H15BrN2O2. The minimum Gasteiger partial charge on any atom is -0.490 e. The summed E-state index contributed by atoms with van der Waals surface area (Å²) in [6.07, 6.45) is 0.0987. The van der Waals surface area contributed by atoms with Gasteiger partial charge in [-0.1, -0.05) is 0 Å². The summed E-state index contributed by atoms with van der Waals surface area (Å²) in [5.74, 6) is 0.715. The monoisotopic (exact) mass is 298 g/mol. The number of carbonyl (C=O) groups is 1. The Balaban J connectivity index is 2.40. The SMILES string of the molecule is CNC1C(=O)Nc2cc(OC(C)C)c(Br)cc21. The Labute approximate surface area is 109 Å². The zero-order valence-electron chi connectivity index (χ0n) is 10.0. The van der Waals surface area contributed by atoms with Gasteiger partial charge in [0.25, 0.3) is 0 Å². The molecule has 1 aliphatic heterocycles. The number of hydrogen-bond donors (Lipinski definition) is 2. The number of fused-ring (bicyclic) bond motifs is 1. The van der Waals surface area contributed by atoms with Crippen molar-refractivity contribution in [3.8, 4) is 5.75 Å². The number of rotatable bonds is 3. The van der Waals surface area contributed by atoms with Gasteiger partial charge < -0.3 is 15.4 Å². The molecule has 1 unspecified atom stereocenters. The first-order chi connectivity index (χ1) is 8.02. The molecule has 1 aromatic rings. The van der Waals surface area contributed by atoms with Crippen molar-refractivity contribution in [1.82, 2.24) is 5.32 Å². The van der Waals surface area contributed by atoms with Crippen LogP contribution in [0.3, 0.4) is 0 Å². The fraction of sp³-hybridized carbons (Fsp3) is 0.417. The van der Waals surface area contributed by atoms with Crippen LogP contribution >= 0.6 is 15.9 Å². The van der Waals surface area contributed by atoms with Crippen LogP contribution in [0.15, 0.2) is 16.6 Å². The van der Waals surface area contributed by atoms with Gasteiger partial charge in [-0.15, -0.1) is 0 Å². The molecule has 2 rings (SSSR count). The van der Waals surface area contributed by atoms with Gasteiger partial charge in [-0.25, -0.2) is 0 Å². The molecule has 4 nitrogen and oxygen atoms in total. The number of halogens is 1. The van der Waals surface area contributed by atoms with Gasteiger partial charge in [0.15, 0.2) is 0 Å². The van der Waals surface area contributed by atoms with Crippen molar-refractivity contribution in [1.29, 1.82) is 0 Å². The maximum atomic E-state index is 11.7. The molecule has 2 N–H and O–H groups in total. The maximum absolute atomic E-state index is 11.7. The van der Waals surface area contributed by atoms with E-state index in [1.165, 1.54) is 0 Å². The van der Waals surface area contributed by atoms with Crippen molar-refractivity contribution in [2.45, 2.75) is 26.0 Å². The van der Waals surface area contributed by atoms with Gasteiger partial charge in [-0.05, 0) is 42.9 Å². The molecule has 0 radical (unpaired) electrons. The highest BCUT2D eigenvalue weighted by atomic mass is 79.9. The fourth-order valence-electron chi connectivity index (χ4n) is 1.89. The molecule has 0 saturated carbocycles. The first kappa shape index (κ1) is 12.4. The quantitative estimate of drug-likeness (QED) is 0.901. The van der Waals surface area contributed by atoms with Crippen LogP contribution in [-0.4, -0.2) is 19.1 Å². The number of likely N-dealkylation sites (N-methyl/N-ethyl adjacent to an activating group) is 1. The molecule has 0 spiro atoms. The predicted molar refractivity (Wildman–Crippen MR) is 70.3 cm³/mol. The van der Waals surface area contributed by atoms with E-state index in [-0.39, 0.29) is 18.1 Å². The summed E-state index contributed by atoms with van der Waals surface area (Å²) in [5.41, 5.74) is 1.76. The maximum Gasteiger partial charge on any atom is 0.246 e. The Kier molecular flexibility index (Phi) is 3.40. The summed E-state index contributed by atoms with van der Waals surface area (Å²) in [5, 5.41) is 5.82. The molecule has 17 heavy (non-hydrogen) atoms. The van der Waals surface area contributed by atoms with Gasteiger partial charge in [0.05, 0.1) is 10.6 Å². The number of benzene rings is 1. The Morgan fingerprint density at radius 1 is 1.47 bits per heavy atom. The number of carbonyl (C=O) groups excluding carboxylic acids is 1. The van der Waals surface area contributed by atoms with E-state index in [9.17, 15) is 4.79 Å². The molecule has 0 bridgehead atoms. The van der Waals surface area contributed by atoms with Gasteiger partial charge >= 0.3 is 0 Å². The number of anilines is 1. The highest BCUT2D eigenvalue weighted by Gasteiger charge is 2.30. The highest BCUT2D eigenvalue weighted by molar-refractivity contribution is 9.10. The second-order valence-corrected chi connectivity index (χ2v) is 5.10. The molecule has 5 heteroatoms. The Morgan fingerprint density at radius 2 is 2.18 bits per heavy atom. The smallest absolute Gasteiger partial charge is 0.246 e. The first-order valence-electron chi connectivity index (χ1n) is 5.51. The van der Waals surface area contributed by atoms with Crippen LogP contribution < -0.4 is 15.4 Å². The zero-order chi connectivity index (χ0) is 12.6. The lowest BCUT2D eigenvalue weighted by atomic mass is 10.1. The van der Waals surface area contributed by atoms with Crippen molar-refractivity contribution < 1.29 is 9.53 Å². The van der Waals surface area contributed by atoms with Crippen LogP contribution in [-0.2, 0) is 4.79 Å². The average Bonchev–Trinajstić information content (AvgIpc) is 2.53. The van der Waals surface area contributed by atoms with E-state index in [1.807, 2.05) is 26.0 Å². The predicted octanol–water partition coefficient (Wildman–Crippen LogP) is 2.45. The fourth-order valence-corrected chi connectivity index (χ4v) is 2.35.